The number of hydrogen-bond acceptors (Lipinski definition) is 5. The summed E-state index contributed by atoms with van der Waals surface area (Å²) in [5, 5.41) is 15.7. The highest BCUT2D eigenvalue weighted by molar-refractivity contribution is 5.93. The number of nitrogens with one attached hydrogen (secondary N) is 1. The Hall–Kier alpha value is -2.34. The molecule has 0 radical (unpaired) electrons. The predicted octanol–water partition coefficient (Wildman–Crippen LogP) is 1.81. The number of ether oxygens (including phenoxy) is 1. The summed E-state index contributed by atoms with van der Waals surface area (Å²) < 4.78 is 10.1. The summed E-state index contributed by atoms with van der Waals surface area (Å²) in [5.74, 6) is 0.317. The van der Waals surface area contributed by atoms with Gasteiger partial charge in [-0.2, -0.15) is 0 Å². The number of aromatic hydroxyl groups is 1. The van der Waals surface area contributed by atoms with E-state index in [0.717, 1.165) is 5.56 Å². The summed E-state index contributed by atoms with van der Waals surface area (Å²) in [6.07, 6.45) is 0. The van der Waals surface area contributed by atoms with Crippen molar-refractivity contribution in [1.82, 2.24) is 10.5 Å². The Bertz CT molecular complexity index is 577. The molecule has 1 amide bonds. The maximum atomic E-state index is 11.9. The number of nitrogens with zero attached hydrogens (tertiary/aromatic N) is 1. The molecular weight excluding hydrogens is 260 g/mol. The van der Waals surface area contributed by atoms with Crippen molar-refractivity contribution >= 4 is 5.91 Å². The molecule has 2 rings (SSSR count). The summed E-state index contributed by atoms with van der Waals surface area (Å²) in [4.78, 5) is 11.9. The molecule has 20 heavy (non-hydrogen) atoms. The van der Waals surface area contributed by atoms with E-state index in [1.165, 1.54) is 12.1 Å². The third-order valence-corrected chi connectivity index (χ3v) is 2.69. The average molecular weight is 276 g/mol. The molecule has 1 atom stereocenters. The highest BCUT2D eigenvalue weighted by Gasteiger charge is 2.15. The van der Waals surface area contributed by atoms with Gasteiger partial charge in [-0.15, -0.1) is 0 Å². The van der Waals surface area contributed by atoms with Crippen LogP contribution in [-0.2, 0) is 4.74 Å². The minimum atomic E-state index is -0.316. The monoisotopic (exact) mass is 276 g/mol. The van der Waals surface area contributed by atoms with Crippen LogP contribution < -0.4 is 5.32 Å². The van der Waals surface area contributed by atoms with E-state index in [-0.39, 0.29) is 23.4 Å². The lowest BCUT2D eigenvalue weighted by Gasteiger charge is -2.10. The number of rotatable bonds is 5. The van der Waals surface area contributed by atoms with E-state index in [9.17, 15) is 9.90 Å². The quantitative estimate of drug-likeness (QED) is 0.870. The van der Waals surface area contributed by atoms with Crippen LogP contribution in [-0.4, -0.2) is 35.9 Å². The van der Waals surface area contributed by atoms with Gasteiger partial charge < -0.3 is 19.7 Å². The lowest BCUT2D eigenvalue weighted by atomic mass is 10.1. The Morgan fingerprint density at radius 2 is 2.15 bits per heavy atom. The molecular formula is C14H16N2O4. The van der Waals surface area contributed by atoms with Crippen LogP contribution in [0.25, 0.3) is 11.3 Å². The topological polar surface area (TPSA) is 84.6 Å². The third kappa shape index (κ3) is 3.36. The van der Waals surface area contributed by atoms with Crippen molar-refractivity contribution < 1.29 is 19.2 Å². The number of amides is 1. The first-order valence-corrected chi connectivity index (χ1v) is 6.16. The van der Waals surface area contributed by atoms with Crippen molar-refractivity contribution in [2.75, 3.05) is 13.7 Å². The molecule has 0 aliphatic carbocycles. The number of phenols is 1. The van der Waals surface area contributed by atoms with Crippen LogP contribution >= 0.6 is 0 Å². The molecule has 2 aromatic rings. The molecule has 0 bridgehead atoms. The molecule has 6 heteroatoms. The van der Waals surface area contributed by atoms with E-state index < -0.39 is 0 Å². The zero-order chi connectivity index (χ0) is 14.5. The van der Waals surface area contributed by atoms with Crippen LogP contribution in [0.3, 0.4) is 0 Å². The van der Waals surface area contributed by atoms with E-state index in [1.807, 2.05) is 6.92 Å². The van der Waals surface area contributed by atoms with Gasteiger partial charge in [0.15, 0.2) is 11.5 Å². The highest BCUT2D eigenvalue weighted by Crippen LogP contribution is 2.22. The number of methoxy groups -OCH3 is 1. The molecule has 2 N–H and O–H groups in total. The molecule has 1 heterocycles. The Morgan fingerprint density at radius 1 is 1.45 bits per heavy atom. The van der Waals surface area contributed by atoms with Gasteiger partial charge in [-0.05, 0) is 31.2 Å². The van der Waals surface area contributed by atoms with Gasteiger partial charge in [0.05, 0.1) is 6.61 Å². The second-order valence-electron chi connectivity index (χ2n) is 4.45. The molecule has 0 saturated carbocycles. The van der Waals surface area contributed by atoms with Crippen LogP contribution in [0.2, 0.25) is 0 Å². The van der Waals surface area contributed by atoms with E-state index in [0.29, 0.717) is 12.4 Å². The number of carbonyl (C=O) groups excluding carboxylic acids is 1. The second-order valence-corrected chi connectivity index (χ2v) is 4.45. The minimum Gasteiger partial charge on any atom is -0.508 e. The minimum absolute atomic E-state index is 0.110. The Balaban J connectivity index is 2.08. The first-order chi connectivity index (χ1) is 9.60. The second kappa shape index (κ2) is 6.21. The summed E-state index contributed by atoms with van der Waals surface area (Å²) in [7, 11) is 1.57. The Morgan fingerprint density at radius 3 is 2.80 bits per heavy atom. The highest BCUT2D eigenvalue weighted by atomic mass is 16.5. The van der Waals surface area contributed by atoms with E-state index in [2.05, 4.69) is 10.5 Å². The first kappa shape index (κ1) is 14.1. The molecule has 0 fully saturated rings. The molecule has 0 aliphatic heterocycles. The smallest absolute Gasteiger partial charge is 0.273 e. The third-order valence-electron chi connectivity index (χ3n) is 2.69. The van der Waals surface area contributed by atoms with E-state index >= 15 is 0 Å². The van der Waals surface area contributed by atoms with Gasteiger partial charge in [-0.3, -0.25) is 4.79 Å². The maximum Gasteiger partial charge on any atom is 0.273 e. The van der Waals surface area contributed by atoms with Crippen LogP contribution in [0, 0.1) is 0 Å². The largest absolute Gasteiger partial charge is 0.508 e. The maximum absolute atomic E-state index is 11.9. The summed E-state index contributed by atoms with van der Waals surface area (Å²) in [6, 6.07) is 7.90. The molecule has 0 unspecified atom stereocenters. The zero-order valence-electron chi connectivity index (χ0n) is 11.3. The number of aromatic nitrogens is 1. The number of benzene rings is 1. The van der Waals surface area contributed by atoms with Crippen molar-refractivity contribution in [1.29, 1.82) is 0 Å². The fraction of sp³-hybridized carbons (Fsp3) is 0.286. The van der Waals surface area contributed by atoms with Gasteiger partial charge in [0.25, 0.3) is 5.91 Å². The van der Waals surface area contributed by atoms with Crippen molar-refractivity contribution in [3.05, 3.63) is 36.0 Å². The first-order valence-electron chi connectivity index (χ1n) is 6.16. The van der Waals surface area contributed by atoms with Crippen molar-refractivity contribution in [2.24, 2.45) is 0 Å². The fourth-order valence-corrected chi connectivity index (χ4v) is 1.73. The van der Waals surface area contributed by atoms with Crippen molar-refractivity contribution in [3.8, 4) is 17.1 Å². The van der Waals surface area contributed by atoms with Crippen LogP contribution in [0.5, 0.6) is 5.75 Å². The summed E-state index contributed by atoms with van der Waals surface area (Å²) in [6.45, 7) is 2.26. The van der Waals surface area contributed by atoms with E-state index in [4.69, 9.17) is 9.26 Å². The molecule has 0 spiro atoms. The molecule has 6 nitrogen and oxygen atoms in total. The van der Waals surface area contributed by atoms with Gasteiger partial charge in [-0.25, -0.2) is 0 Å². The van der Waals surface area contributed by atoms with Gasteiger partial charge in [-0.1, -0.05) is 5.16 Å². The van der Waals surface area contributed by atoms with Crippen molar-refractivity contribution in [2.45, 2.75) is 13.0 Å². The normalized spacial score (nSPS) is 12.1. The molecule has 1 aromatic heterocycles. The zero-order valence-corrected chi connectivity index (χ0v) is 11.3. The molecule has 1 aromatic carbocycles. The average Bonchev–Trinajstić information content (AvgIpc) is 2.89. The SMILES string of the molecule is COC[C@H](C)NC(=O)c1cc(-c2ccc(O)cc2)on1. The van der Waals surface area contributed by atoms with Gasteiger partial charge in [0, 0.05) is 24.8 Å². The molecule has 0 saturated heterocycles. The lowest BCUT2D eigenvalue weighted by molar-refractivity contribution is 0.0896. The number of hydrogen-bond donors (Lipinski definition) is 2. The number of phenolic OH excluding ortho intramolecular Hbond substituents is 1. The van der Waals surface area contributed by atoms with Crippen LogP contribution in [0.4, 0.5) is 0 Å². The van der Waals surface area contributed by atoms with Crippen LogP contribution in [0.1, 0.15) is 17.4 Å². The predicted molar refractivity (Wildman–Crippen MR) is 72.4 cm³/mol. The Kier molecular flexibility index (Phi) is 4.37. The molecule has 0 aliphatic rings. The van der Waals surface area contributed by atoms with Gasteiger partial charge in [0.2, 0.25) is 0 Å². The number of carbonyl (C=O) groups is 1. The fourth-order valence-electron chi connectivity index (χ4n) is 1.73. The van der Waals surface area contributed by atoms with Crippen molar-refractivity contribution in [3.63, 3.8) is 0 Å². The van der Waals surface area contributed by atoms with Gasteiger partial charge in [0.1, 0.15) is 5.75 Å². The summed E-state index contributed by atoms with van der Waals surface area (Å²) in [5.41, 5.74) is 0.940. The van der Waals surface area contributed by atoms with Gasteiger partial charge >= 0.3 is 0 Å². The van der Waals surface area contributed by atoms with Crippen LogP contribution in [0.15, 0.2) is 34.9 Å². The Labute approximate surface area is 116 Å². The molecule has 106 valence electrons. The summed E-state index contributed by atoms with van der Waals surface area (Å²) >= 11 is 0. The standard InChI is InChI=1S/C14H16N2O4/c1-9(8-19-2)15-14(18)12-7-13(20-16-12)10-3-5-11(17)6-4-10/h3-7,9,17H,8H2,1-2H3,(H,15,18)/t9-/m0/s1. The van der Waals surface area contributed by atoms with E-state index in [1.54, 1.807) is 25.3 Å². The lowest BCUT2D eigenvalue weighted by Crippen LogP contribution is -2.35.